The van der Waals surface area contributed by atoms with Crippen molar-refractivity contribution in [3.63, 3.8) is 0 Å². The molecule has 2 aromatic carbocycles. The van der Waals surface area contributed by atoms with Gasteiger partial charge in [0.05, 0.1) is 0 Å². The van der Waals surface area contributed by atoms with E-state index in [-0.39, 0.29) is 5.91 Å². The van der Waals surface area contributed by atoms with E-state index in [0.717, 1.165) is 21.2 Å². The number of carbonyl (C=O) groups excluding carboxylic acids is 1. The summed E-state index contributed by atoms with van der Waals surface area (Å²) >= 11 is 7.51. The Morgan fingerprint density at radius 3 is 2.52 bits per heavy atom. The average Bonchev–Trinajstić information content (AvgIpc) is 2.52. The third-order valence-corrected chi connectivity index (χ3v) is 3.98. The average molecular weight is 318 g/mol. The first kappa shape index (κ1) is 15.7. The Balaban J connectivity index is 1.67. The molecule has 108 valence electrons. The molecule has 21 heavy (non-hydrogen) atoms. The van der Waals surface area contributed by atoms with Gasteiger partial charge in [0.25, 0.3) is 0 Å². The van der Waals surface area contributed by atoms with Crippen LogP contribution >= 0.6 is 23.4 Å². The Morgan fingerprint density at radius 1 is 1.10 bits per heavy atom. The summed E-state index contributed by atoms with van der Waals surface area (Å²) in [6.07, 6.45) is 3.37. The molecule has 2 nitrogen and oxygen atoms in total. The predicted molar refractivity (Wildman–Crippen MR) is 90.7 cm³/mol. The van der Waals surface area contributed by atoms with Crippen LogP contribution in [0.3, 0.4) is 0 Å². The van der Waals surface area contributed by atoms with Crippen LogP contribution in [0.25, 0.3) is 6.08 Å². The van der Waals surface area contributed by atoms with Crippen molar-refractivity contribution in [2.45, 2.75) is 4.90 Å². The van der Waals surface area contributed by atoms with Gasteiger partial charge in [0, 0.05) is 28.3 Å². The van der Waals surface area contributed by atoms with E-state index in [2.05, 4.69) is 5.32 Å². The number of rotatable bonds is 6. The molecule has 0 heterocycles. The quantitative estimate of drug-likeness (QED) is 0.490. The molecular weight excluding hydrogens is 302 g/mol. The van der Waals surface area contributed by atoms with Crippen LogP contribution < -0.4 is 5.32 Å². The molecule has 1 N–H and O–H groups in total. The second kappa shape index (κ2) is 8.55. The highest BCUT2D eigenvalue weighted by Gasteiger charge is 1.97. The highest BCUT2D eigenvalue weighted by Crippen LogP contribution is 2.19. The first-order chi connectivity index (χ1) is 10.2. The molecule has 0 aromatic heterocycles. The fourth-order valence-corrected chi connectivity index (χ4v) is 2.56. The number of amides is 1. The summed E-state index contributed by atoms with van der Waals surface area (Å²) in [4.78, 5) is 12.8. The van der Waals surface area contributed by atoms with E-state index in [9.17, 15) is 4.79 Å². The number of thioether (sulfide) groups is 1. The van der Waals surface area contributed by atoms with Crippen molar-refractivity contribution in [1.29, 1.82) is 0 Å². The van der Waals surface area contributed by atoms with Gasteiger partial charge in [-0.15, -0.1) is 11.8 Å². The summed E-state index contributed by atoms with van der Waals surface area (Å²) in [7, 11) is 0. The summed E-state index contributed by atoms with van der Waals surface area (Å²) < 4.78 is 0. The van der Waals surface area contributed by atoms with E-state index in [1.807, 2.05) is 60.7 Å². The zero-order valence-electron chi connectivity index (χ0n) is 11.5. The van der Waals surface area contributed by atoms with Gasteiger partial charge in [-0.05, 0) is 35.9 Å². The molecule has 0 saturated carbocycles. The predicted octanol–water partition coefficient (Wildman–Crippen LogP) is 4.26. The lowest BCUT2D eigenvalue weighted by atomic mass is 10.2. The van der Waals surface area contributed by atoms with Crippen LogP contribution in [0.5, 0.6) is 0 Å². The van der Waals surface area contributed by atoms with Crippen molar-refractivity contribution >= 4 is 35.3 Å². The number of hydrogen-bond donors (Lipinski definition) is 1. The zero-order valence-corrected chi connectivity index (χ0v) is 13.0. The van der Waals surface area contributed by atoms with Crippen molar-refractivity contribution in [1.82, 2.24) is 5.32 Å². The van der Waals surface area contributed by atoms with Crippen LogP contribution in [-0.4, -0.2) is 18.2 Å². The van der Waals surface area contributed by atoms with Gasteiger partial charge >= 0.3 is 0 Å². The van der Waals surface area contributed by atoms with E-state index in [4.69, 9.17) is 11.6 Å². The summed E-state index contributed by atoms with van der Waals surface area (Å²) in [5.74, 6) is 0.752. The van der Waals surface area contributed by atoms with Gasteiger partial charge in [-0.25, -0.2) is 0 Å². The molecule has 1 amide bonds. The Hall–Kier alpha value is -1.71. The lowest BCUT2D eigenvalue weighted by Crippen LogP contribution is -2.23. The number of carbonyl (C=O) groups is 1. The van der Waals surface area contributed by atoms with Crippen LogP contribution in [0.4, 0.5) is 0 Å². The Bertz CT molecular complexity index is 596. The Labute approximate surface area is 134 Å². The van der Waals surface area contributed by atoms with Gasteiger partial charge in [-0.1, -0.05) is 41.9 Å². The fraction of sp³-hybridized carbons (Fsp3) is 0.118. The topological polar surface area (TPSA) is 29.1 Å². The van der Waals surface area contributed by atoms with E-state index >= 15 is 0 Å². The Kier molecular flexibility index (Phi) is 6.38. The summed E-state index contributed by atoms with van der Waals surface area (Å²) in [6.45, 7) is 0.630. The minimum Gasteiger partial charge on any atom is -0.352 e. The third kappa shape index (κ3) is 6.06. The van der Waals surface area contributed by atoms with Gasteiger partial charge < -0.3 is 5.32 Å². The molecular formula is C17H16ClNOS. The first-order valence-electron chi connectivity index (χ1n) is 6.63. The van der Waals surface area contributed by atoms with Gasteiger partial charge in [0.1, 0.15) is 0 Å². The second-order valence-electron chi connectivity index (χ2n) is 4.34. The molecule has 0 aliphatic carbocycles. The molecule has 0 spiro atoms. The highest BCUT2D eigenvalue weighted by molar-refractivity contribution is 7.99. The molecule has 2 aromatic rings. The largest absolute Gasteiger partial charge is 0.352 e. The van der Waals surface area contributed by atoms with Crippen LogP contribution in [0.15, 0.2) is 65.6 Å². The van der Waals surface area contributed by atoms with Crippen LogP contribution in [-0.2, 0) is 4.79 Å². The maximum atomic E-state index is 11.6. The van der Waals surface area contributed by atoms with E-state index in [1.54, 1.807) is 17.8 Å². The van der Waals surface area contributed by atoms with Crippen molar-refractivity contribution in [2.75, 3.05) is 12.3 Å². The fourth-order valence-electron chi connectivity index (χ4n) is 1.67. The summed E-state index contributed by atoms with van der Waals surface area (Å²) in [5, 5.41) is 3.60. The molecule has 0 aliphatic heterocycles. The van der Waals surface area contributed by atoms with Gasteiger partial charge in [-0.3, -0.25) is 4.79 Å². The number of hydrogen-bond acceptors (Lipinski definition) is 2. The summed E-state index contributed by atoms with van der Waals surface area (Å²) in [6, 6.07) is 17.4. The van der Waals surface area contributed by atoms with Crippen LogP contribution in [0, 0.1) is 0 Å². The molecule has 0 aliphatic rings. The standard InChI is InChI=1S/C17H16ClNOS/c18-15-7-9-16(10-8-15)21-13-12-19-17(20)11-6-14-4-2-1-3-5-14/h1-11H,12-13H2,(H,19,20)/b11-6+. The molecule has 0 unspecified atom stereocenters. The van der Waals surface area contributed by atoms with E-state index < -0.39 is 0 Å². The van der Waals surface area contributed by atoms with E-state index in [0.29, 0.717) is 6.54 Å². The molecule has 0 atom stereocenters. The highest BCUT2D eigenvalue weighted by atomic mass is 35.5. The summed E-state index contributed by atoms with van der Waals surface area (Å²) in [5.41, 5.74) is 1.02. The maximum Gasteiger partial charge on any atom is 0.244 e. The number of nitrogens with one attached hydrogen (secondary N) is 1. The smallest absolute Gasteiger partial charge is 0.244 e. The van der Waals surface area contributed by atoms with Crippen molar-refractivity contribution in [2.24, 2.45) is 0 Å². The van der Waals surface area contributed by atoms with Crippen molar-refractivity contribution in [3.8, 4) is 0 Å². The monoisotopic (exact) mass is 317 g/mol. The lowest BCUT2D eigenvalue weighted by molar-refractivity contribution is -0.116. The first-order valence-corrected chi connectivity index (χ1v) is 8.00. The molecule has 0 radical (unpaired) electrons. The molecule has 0 saturated heterocycles. The van der Waals surface area contributed by atoms with Gasteiger partial charge in [-0.2, -0.15) is 0 Å². The minimum absolute atomic E-state index is 0.0736. The maximum absolute atomic E-state index is 11.6. The SMILES string of the molecule is O=C(/C=C/c1ccccc1)NCCSc1ccc(Cl)cc1. The second-order valence-corrected chi connectivity index (χ2v) is 5.94. The van der Waals surface area contributed by atoms with Crippen LogP contribution in [0.1, 0.15) is 5.56 Å². The number of halogens is 1. The molecule has 0 bridgehead atoms. The zero-order chi connectivity index (χ0) is 14.9. The van der Waals surface area contributed by atoms with Gasteiger partial charge in [0.2, 0.25) is 5.91 Å². The lowest BCUT2D eigenvalue weighted by Gasteiger charge is -2.03. The van der Waals surface area contributed by atoms with Gasteiger partial charge in [0.15, 0.2) is 0 Å². The normalized spacial score (nSPS) is 10.7. The van der Waals surface area contributed by atoms with Crippen LogP contribution in [0.2, 0.25) is 5.02 Å². The Morgan fingerprint density at radius 2 is 1.81 bits per heavy atom. The minimum atomic E-state index is -0.0736. The molecule has 0 fully saturated rings. The molecule has 4 heteroatoms. The van der Waals surface area contributed by atoms with E-state index in [1.165, 1.54) is 0 Å². The van der Waals surface area contributed by atoms with Crippen molar-refractivity contribution < 1.29 is 4.79 Å². The number of benzene rings is 2. The molecule has 2 rings (SSSR count). The third-order valence-electron chi connectivity index (χ3n) is 2.71. The van der Waals surface area contributed by atoms with Crippen molar-refractivity contribution in [3.05, 3.63) is 71.3 Å².